The molecule has 0 spiro atoms. The number of hydrogen-bond donors (Lipinski definition) is 1. The molecule has 106 valence electrons. The van der Waals surface area contributed by atoms with E-state index >= 15 is 0 Å². The molecule has 0 bridgehead atoms. The van der Waals surface area contributed by atoms with Crippen molar-refractivity contribution in [2.45, 2.75) is 11.4 Å². The second kappa shape index (κ2) is 5.43. The average Bonchev–Trinajstić information content (AvgIpc) is 2.31. The van der Waals surface area contributed by atoms with Gasteiger partial charge < -0.3 is 0 Å². The van der Waals surface area contributed by atoms with Crippen LogP contribution in [0.25, 0.3) is 0 Å². The van der Waals surface area contributed by atoms with Crippen molar-refractivity contribution in [2.24, 2.45) is 0 Å². The van der Waals surface area contributed by atoms with E-state index < -0.39 is 25.2 Å². The van der Waals surface area contributed by atoms with Gasteiger partial charge in [-0.2, -0.15) is 0 Å². The van der Waals surface area contributed by atoms with Gasteiger partial charge in [0.15, 0.2) is 4.90 Å². The Hall–Kier alpha value is -1.57. The second-order valence-electron chi connectivity index (χ2n) is 3.95. The maximum atomic E-state index is 11.6. The van der Waals surface area contributed by atoms with Crippen LogP contribution in [0.3, 0.4) is 0 Å². The molecule has 0 atom stereocenters. The van der Waals surface area contributed by atoms with E-state index in [1.54, 1.807) is 24.3 Å². The van der Waals surface area contributed by atoms with Gasteiger partial charge in [-0.1, -0.05) is 23.7 Å². The number of aromatic nitrogens is 2. The Bertz CT molecular complexity index is 870. The first-order valence-corrected chi connectivity index (χ1v) is 7.99. The normalized spacial score (nSPS) is 11.5. The number of hydrogen-bond acceptors (Lipinski definition) is 4. The summed E-state index contributed by atoms with van der Waals surface area (Å²) in [6.07, 6.45) is 0.907. The number of nitrogens with zero attached hydrogens (tertiary/aromatic N) is 1. The van der Waals surface area contributed by atoms with Gasteiger partial charge >= 0.3 is 5.69 Å². The molecule has 0 aliphatic rings. The second-order valence-corrected chi connectivity index (χ2v) is 6.92. The highest BCUT2D eigenvalue weighted by Gasteiger charge is 2.17. The molecule has 1 aromatic carbocycles. The van der Waals surface area contributed by atoms with E-state index in [0.29, 0.717) is 10.6 Å². The molecule has 20 heavy (non-hydrogen) atoms. The molecule has 2 rings (SSSR count). The molecule has 0 radical (unpaired) electrons. The van der Waals surface area contributed by atoms with E-state index in [0.717, 1.165) is 10.8 Å². The fourth-order valence-corrected chi connectivity index (χ4v) is 2.68. The summed E-state index contributed by atoms with van der Waals surface area (Å²) in [6.45, 7) is 0.0512. The highest BCUT2D eigenvalue weighted by molar-refractivity contribution is 8.13. The van der Waals surface area contributed by atoms with Gasteiger partial charge in [0.2, 0.25) is 0 Å². The first kappa shape index (κ1) is 14.8. The zero-order chi connectivity index (χ0) is 14.9. The van der Waals surface area contributed by atoms with Crippen LogP contribution in [0, 0.1) is 0 Å². The monoisotopic (exact) mass is 334 g/mol. The predicted molar refractivity (Wildman–Crippen MR) is 74.9 cm³/mol. The van der Waals surface area contributed by atoms with Crippen LogP contribution in [0.4, 0.5) is 0 Å². The summed E-state index contributed by atoms with van der Waals surface area (Å²) in [5, 5.41) is 0.477. The Kier molecular flexibility index (Phi) is 4.03. The molecule has 0 fully saturated rings. The molecule has 1 aromatic heterocycles. The molecule has 0 amide bonds. The summed E-state index contributed by atoms with van der Waals surface area (Å²) in [4.78, 5) is 24.3. The third kappa shape index (κ3) is 3.30. The molecule has 9 heteroatoms. The summed E-state index contributed by atoms with van der Waals surface area (Å²) in [7, 11) is 0.902. The first-order valence-electron chi connectivity index (χ1n) is 5.30. The van der Waals surface area contributed by atoms with Crippen molar-refractivity contribution < 1.29 is 8.42 Å². The van der Waals surface area contributed by atoms with Crippen molar-refractivity contribution in [2.75, 3.05) is 0 Å². The fourth-order valence-electron chi connectivity index (χ4n) is 1.61. The number of benzene rings is 1. The van der Waals surface area contributed by atoms with Crippen LogP contribution >= 0.6 is 22.3 Å². The Balaban J connectivity index is 2.53. The lowest BCUT2D eigenvalue weighted by Crippen LogP contribution is -2.32. The number of aromatic amines is 1. The molecule has 0 aliphatic carbocycles. The van der Waals surface area contributed by atoms with E-state index in [2.05, 4.69) is 0 Å². The Morgan fingerprint density at radius 3 is 2.55 bits per heavy atom. The largest absolute Gasteiger partial charge is 0.328 e. The van der Waals surface area contributed by atoms with Gasteiger partial charge in [0.25, 0.3) is 14.6 Å². The molecular formula is C11H8Cl2N2O4S. The van der Waals surface area contributed by atoms with Crippen LogP contribution < -0.4 is 11.2 Å². The minimum Gasteiger partial charge on any atom is -0.295 e. The Morgan fingerprint density at radius 1 is 1.25 bits per heavy atom. The van der Waals surface area contributed by atoms with Crippen molar-refractivity contribution in [1.29, 1.82) is 0 Å². The van der Waals surface area contributed by atoms with Gasteiger partial charge in [0, 0.05) is 21.9 Å². The van der Waals surface area contributed by atoms with Gasteiger partial charge in [0.05, 0.1) is 6.54 Å². The van der Waals surface area contributed by atoms with E-state index in [-0.39, 0.29) is 6.54 Å². The molecule has 0 unspecified atom stereocenters. The van der Waals surface area contributed by atoms with Gasteiger partial charge in [-0.15, -0.1) is 0 Å². The minimum absolute atomic E-state index is 0.0512. The van der Waals surface area contributed by atoms with E-state index in [9.17, 15) is 18.0 Å². The van der Waals surface area contributed by atoms with Crippen LogP contribution in [0.2, 0.25) is 5.02 Å². The summed E-state index contributed by atoms with van der Waals surface area (Å²) >= 11 is 5.82. The van der Waals surface area contributed by atoms with Gasteiger partial charge in [-0.25, -0.2) is 13.2 Å². The number of nitrogens with one attached hydrogen (secondary N) is 1. The molecular weight excluding hydrogens is 327 g/mol. The van der Waals surface area contributed by atoms with E-state index in [1.807, 2.05) is 4.98 Å². The lowest BCUT2D eigenvalue weighted by molar-refractivity contribution is 0.603. The Labute approximate surface area is 123 Å². The highest BCUT2D eigenvalue weighted by atomic mass is 35.7. The minimum atomic E-state index is -4.23. The third-order valence-corrected chi connectivity index (χ3v) is 4.03. The molecule has 1 N–H and O–H groups in total. The van der Waals surface area contributed by atoms with Crippen LogP contribution in [0.5, 0.6) is 0 Å². The summed E-state index contributed by atoms with van der Waals surface area (Å²) in [5.41, 5.74) is -1.11. The molecule has 0 aliphatic heterocycles. The summed E-state index contributed by atoms with van der Waals surface area (Å²) < 4.78 is 23.5. The molecule has 1 heterocycles. The van der Waals surface area contributed by atoms with E-state index in [1.165, 1.54) is 0 Å². The predicted octanol–water partition coefficient (Wildman–Crippen LogP) is 1.17. The zero-order valence-electron chi connectivity index (χ0n) is 9.84. The number of H-pyrrole nitrogens is 1. The van der Waals surface area contributed by atoms with Crippen molar-refractivity contribution in [1.82, 2.24) is 9.55 Å². The molecule has 6 nitrogen and oxygen atoms in total. The molecule has 0 saturated carbocycles. The smallest absolute Gasteiger partial charge is 0.295 e. The maximum Gasteiger partial charge on any atom is 0.328 e. The maximum absolute atomic E-state index is 11.6. The fraction of sp³-hybridized carbons (Fsp3) is 0.0909. The van der Waals surface area contributed by atoms with Crippen molar-refractivity contribution in [3.05, 3.63) is 61.9 Å². The van der Waals surface area contributed by atoms with Crippen LogP contribution in [0.15, 0.2) is 44.9 Å². The SMILES string of the molecule is O=c1[nH]c(=O)n(Cc2cccc(Cl)c2)cc1S(=O)(=O)Cl. The van der Waals surface area contributed by atoms with Crippen LogP contribution in [-0.4, -0.2) is 18.0 Å². The van der Waals surface area contributed by atoms with Crippen molar-refractivity contribution in [3.63, 3.8) is 0 Å². The quantitative estimate of drug-likeness (QED) is 0.853. The third-order valence-electron chi connectivity index (χ3n) is 2.48. The van der Waals surface area contributed by atoms with Gasteiger partial charge in [0.1, 0.15) is 0 Å². The lowest BCUT2D eigenvalue weighted by Gasteiger charge is -2.06. The van der Waals surface area contributed by atoms with Crippen molar-refractivity contribution in [3.8, 4) is 0 Å². The van der Waals surface area contributed by atoms with Crippen LogP contribution in [0.1, 0.15) is 5.56 Å². The molecule has 0 saturated heterocycles. The van der Waals surface area contributed by atoms with E-state index in [4.69, 9.17) is 22.3 Å². The van der Waals surface area contributed by atoms with Gasteiger partial charge in [-0.05, 0) is 17.7 Å². The highest BCUT2D eigenvalue weighted by Crippen LogP contribution is 2.12. The van der Waals surface area contributed by atoms with Crippen LogP contribution in [-0.2, 0) is 15.6 Å². The standard InChI is InChI=1S/C11H8Cl2N2O4S/c12-8-3-1-2-7(4-8)5-15-6-9(20(13,18)19)10(16)14-11(15)17/h1-4,6H,5H2,(H,14,16,17). The Morgan fingerprint density at radius 2 is 1.95 bits per heavy atom. The number of rotatable bonds is 3. The summed E-state index contributed by atoms with van der Waals surface area (Å²) in [5.74, 6) is 0. The topological polar surface area (TPSA) is 89.0 Å². The lowest BCUT2D eigenvalue weighted by atomic mass is 10.2. The number of halogens is 2. The average molecular weight is 335 g/mol. The van der Waals surface area contributed by atoms with Gasteiger partial charge in [-0.3, -0.25) is 14.3 Å². The zero-order valence-corrected chi connectivity index (χ0v) is 12.2. The van der Waals surface area contributed by atoms with Crippen molar-refractivity contribution >= 4 is 31.3 Å². The molecule has 2 aromatic rings. The first-order chi connectivity index (χ1) is 9.27. The summed E-state index contributed by atoms with van der Waals surface area (Å²) in [6, 6.07) is 6.68.